The molecule has 0 fully saturated rings. The molecule has 1 aromatic heterocycles. The Bertz CT molecular complexity index is 302. The molecule has 0 unspecified atom stereocenters. The van der Waals surface area contributed by atoms with E-state index in [0.717, 1.165) is 19.5 Å². The van der Waals surface area contributed by atoms with Crippen molar-refractivity contribution in [2.75, 3.05) is 6.54 Å². The summed E-state index contributed by atoms with van der Waals surface area (Å²) in [5.41, 5.74) is 1.17. The zero-order valence-electron chi connectivity index (χ0n) is 9.79. The number of thiazole rings is 1. The van der Waals surface area contributed by atoms with Crippen molar-refractivity contribution in [3.8, 4) is 0 Å². The maximum absolute atomic E-state index is 4.57. The summed E-state index contributed by atoms with van der Waals surface area (Å²) in [6.45, 7) is 8.33. The van der Waals surface area contributed by atoms with Gasteiger partial charge in [0.1, 0.15) is 0 Å². The largest absolute Gasteiger partial charge is 0.311 e. The Balaban J connectivity index is 2.25. The van der Waals surface area contributed by atoms with Crippen LogP contribution in [0.2, 0.25) is 0 Å². The molecule has 0 aliphatic heterocycles. The first-order valence-corrected chi connectivity index (χ1v) is 6.38. The van der Waals surface area contributed by atoms with Crippen molar-refractivity contribution in [1.82, 2.24) is 10.3 Å². The average molecular weight is 224 g/mol. The maximum atomic E-state index is 4.57. The van der Waals surface area contributed by atoms with Crippen molar-refractivity contribution < 1.29 is 0 Å². The normalized spacial score (nSPS) is 11.7. The minimum Gasteiger partial charge on any atom is -0.311 e. The van der Waals surface area contributed by atoms with Gasteiger partial charge in [-0.1, -0.05) is 26.0 Å². The highest BCUT2D eigenvalue weighted by atomic mass is 32.1. The molecule has 0 radical (unpaired) electrons. The molecular weight excluding hydrogens is 204 g/mol. The van der Waals surface area contributed by atoms with Gasteiger partial charge in [-0.05, 0) is 19.9 Å². The van der Waals surface area contributed by atoms with Gasteiger partial charge in [-0.25, -0.2) is 4.98 Å². The van der Waals surface area contributed by atoms with Gasteiger partial charge in [0.05, 0.1) is 10.7 Å². The lowest BCUT2D eigenvalue weighted by Gasteiger charge is -2.00. The molecule has 0 bridgehead atoms. The van der Waals surface area contributed by atoms with Crippen LogP contribution in [0.1, 0.15) is 43.8 Å². The number of nitrogens with one attached hydrogen (secondary N) is 1. The summed E-state index contributed by atoms with van der Waals surface area (Å²) in [6.07, 6.45) is 5.35. The van der Waals surface area contributed by atoms with Crippen LogP contribution in [0.5, 0.6) is 0 Å². The first-order valence-electron chi connectivity index (χ1n) is 5.50. The van der Waals surface area contributed by atoms with E-state index in [2.05, 4.69) is 48.6 Å². The molecule has 2 nitrogen and oxygen atoms in total. The van der Waals surface area contributed by atoms with Crippen LogP contribution in [0, 0.1) is 0 Å². The molecule has 0 spiro atoms. The molecule has 0 aliphatic rings. The highest BCUT2D eigenvalue weighted by Gasteiger charge is 2.04. The number of rotatable bonds is 6. The van der Waals surface area contributed by atoms with Gasteiger partial charge in [0.15, 0.2) is 0 Å². The maximum Gasteiger partial charge on any atom is 0.0954 e. The Hall–Kier alpha value is -0.670. The van der Waals surface area contributed by atoms with Gasteiger partial charge in [-0.15, -0.1) is 11.3 Å². The highest BCUT2D eigenvalue weighted by Crippen LogP contribution is 2.18. The van der Waals surface area contributed by atoms with Gasteiger partial charge in [0.25, 0.3) is 0 Å². The smallest absolute Gasteiger partial charge is 0.0954 e. The molecule has 1 rings (SSSR count). The van der Waals surface area contributed by atoms with Gasteiger partial charge < -0.3 is 5.32 Å². The van der Waals surface area contributed by atoms with Gasteiger partial charge in [-0.2, -0.15) is 0 Å². The third-order valence-electron chi connectivity index (χ3n) is 2.09. The number of nitrogens with zero attached hydrogens (tertiary/aromatic N) is 1. The molecule has 1 N–H and O–H groups in total. The Morgan fingerprint density at radius 3 is 2.93 bits per heavy atom. The second kappa shape index (κ2) is 6.75. The standard InChI is InChI=1S/C12H20N2S/c1-4-5-6-7-13-8-11-9-15-12(14-11)10(2)3/h4-5,9-10,13H,6-8H2,1-3H3/b5-4+. The average Bonchev–Trinajstić information content (AvgIpc) is 2.66. The van der Waals surface area contributed by atoms with Crippen LogP contribution in [-0.4, -0.2) is 11.5 Å². The molecular formula is C12H20N2S. The Labute approximate surface area is 96.4 Å². The summed E-state index contributed by atoms with van der Waals surface area (Å²) in [5.74, 6) is 0.548. The van der Waals surface area contributed by atoms with E-state index in [0.29, 0.717) is 5.92 Å². The monoisotopic (exact) mass is 224 g/mol. The minimum atomic E-state index is 0.548. The second-order valence-corrected chi connectivity index (χ2v) is 4.76. The predicted molar refractivity (Wildman–Crippen MR) is 67.3 cm³/mol. The van der Waals surface area contributed by atoms with Crippen molar-refractivity contribution in [3.63, 3.8) is 0 Å². The summed E-state index contributed by atoms with van der Waals surface area (Å²) in [5, 5.41) is 6.77. The van der Waals surface area contributed by atoms with E-state index >= 15 is 0 Å². The van der Waals surface area contributed by atoms with E-state index in [1.54, 1.807) is 11.3 Å². The minimum absolute atomic E-state index is 0.548. The summed E-state index contributed by atoms with van der Waals surface area (Å²) in [4.78, 5) is 4.57. The predicted octanol–water partition coefficient (Wildman–Crippen LogP) is 3.32. The van der Waals surface area contributed by atoms with E-state index in [4.69, 9.17) is 0 Å². The fraction of sp³-hybridized carbons (Fsp3) is 0.583. The van der Waals surface area contributed by atoms with Crippen LogP contribution in [0.3, 0.4) is 0 Å². The zero-order valence-corrected chi connectivity index (χ0v) is 10.6. The topological polar surface area (TPSA) is 24.9 Å². The van der Waals surface area contributed by atoms with Crippen LogP contribution in [0.4, 0.5) is 0 Å². The van der Waals surface area contributed by atoms with E-state index in [1.165, 1.54) is 10.7 Å². The lowest BCUT2D eigenvalue weighted by molar-refractivity contribution is 0.681. The Morgan fingerprint density at radius 1 is 1.53 bits per heavy atom. The molecule has 84 valence electrons. The zero-order chi connectivity index (χ0) is 11.1. The Kier molecular flexibility index (Phi) is 5.58. The van der Waals surface area contributed by atoms with Crippen LogP contribution >= 0.6 is 11.3 Å². The van der Waals surface area contributed by atoms with E-state index in [-0.39, 0.29) is 0 Å². The molecule has 0 amide bonds. The van der Waals surface area contributed by atoms with Crippen molar-refractivity contribution in [2.45, 2.75) is 39.7 Å². The van der Waals surface area contributed by atoms with Gasteiger partial charge in [-0.3, -0.25) is 0 Å². The third kappa shape index (κ3) is 4.58. The SMILES string of the molecule is C/C=C/CCNCc1csc(C(C)C)n1. The molecule has 1 aromatic rings. The molecule has 1 heterocycles. The summed E-state index contributed by atoms with van der Waals surface area (Å²) >= 11 is 1.76. The first kappa shape index (κ1) is 12.4. The highest BCUT2D eigenvalue weighted by molar-refractivity contribution is 7.09. The quantitative estimate of drug-likeness (QED) is 0.592. The molecule has 3 heteroatoms. The molecule has 0 saturated carbocycles. The van der Waals surface area contributed by atoms with Crippen molar-refractivity contribution in [3.05, 3.63) is 28.2 Å². The van der Waals surface area contributed by atoms with Crippen molar-refractivity contribution in [1.29, 1.82) is 0 Å². The van der Waals surface area contributed by atoms with Crippen LogP contribution in [-0.2, 0) is 6.54 Å². The first-order chi connectivity index (χ1) is 7.24. The molecule has 0 saturated heterocycles. The van der Waals surface area contributed by atoms with Gasteiger partial charge >= 0.3 is 0 Å². The molecule has 0 atom stereocenters. The molecule has 0 aromatic carbocycles. The van der Waals surface area contributed by atoms with Gasteiger partial charge in [0, 0.05) is 17.8 Å². The molecule has 15 heavy (non-hydrogen) atoms. The van der Waals surface area contributed by atoms with Gasteiger partial charge in [0.2, 0.25) is 0 Å². The van der Waals surface area contributed by atoms with Crippen molar-refractivity contribution in [2.24, 2.45) is 0 Å². The summed E-state index contributed by atoms with van der Waals surface area (Å²) in [7, 11) is 0. The van der Waals surface area contributed by atoms with Crippen molar-refractivity contribution >= 4 is 11.3 Å². The Morgan fingerprint density at radius 2 is 2.33 bits per heavy atom. The summed E-state index contributed by atoms with van der Waals surface area (Å²) < 4.78 is 0. The van der Waals surface area contributed by atoms with E-state index < -0.39 is 0 Å². The number of hydrogen-bond acceptors (Lipinski definition) is 3. The molecule has 0 aliphatic carbocycles. The third-order valence-corrected chi connectivity index (χ3v) is 3.29. The number of allylic oxidation sites excluding steroid dienone is 1. The summed E-state index contributed by atoms with van der Waals surface area (Å²) in [6, 6.07) is 0. The lowest BCUT2D eigenvalue weighted by atomic mass is 10.2. The van der Waals surface area contributed by atoms with E-state index in [1.807, 2.05) is 0 Å². The van der Waals surface area contributed by atoms with Crippen LogP contribution < -0.4 is 5.32 Å². The lowest BCUT2D eigenvalue weighted by Crippen LogP contribution is -2.14. The van der Waals surface area contributed by atoms with Crippen LogP contribution in [0.15, 0.2) is 17.5 Å². The fourth-order valence-corrected chi connectivity index (χ4v) is 2.07. The number of aromatic nitrogens is 1. The number of hydrogen-bond donors (Lipinski definition) is 1. The second-order valence-electron chi connectivity index (χ2n) is 3.87. The van der Waals surface area contributed by atoms with Crippen LogP contribution in [0.25, 0.3) is 0 Å². The van der Waals surface area contributed by atoms with E-state index in [9.17, 15) is 0 Å². The fourth-order valence-electron chi connectivity index (χ4n) is 1.24.